The lowest BCUT2D eigenvalue weighted by atomic mass is 10.2. The molecule has 7 nitrogen and oxygen atoms in total. The van der Waals surface area contributed by atoms with Crippen molar-refractivity contribution in [2.45, 2.75) is 29.7 Å². The summed E-state index contributed by atoms with van der Waals surface area (Å²) in [4.78, 5) is 27.4. The summed E-state index contributed by atoms with van der Waals surface area (Å²) in [6.45, 7) is 0.438. The van der Waals surface area contributed by atoms with Crippen molar-refractivity contribution in [3.8, 4) is 5.69 Å². The minimum absolute atomic E-state index is 0.182. The van der Waals surface area contributed by atoms with Crippen molar-refractivity contribution in [1.29, 1.82) is 0 Å². The molecule has 2 amide bonds. The molecule has 0 N–H and O–H groups in total. The minimum Gasteiger partial charge on any atom is -0.278 e. The van der Waals surface area contributed by atoms with Crippen LogP contribution in [0.1, 0.15) is 29.6 Å². The van der Waals surface area contributed by atoms with E-state index in [1.165, 1.54) is 16.7 Å². The van der Waals surface area contributed by atoms with Gasteiger partial charge < -0.3 is 0 Å². The van der Waals surface area contributed by atoms with Crippen molar-refractivity contribution in [3.63, 3.8) is 0 Å². The Labute approximate surface area is 166 Å². The summed E-state index contributed by atoms with van der Waals surface area (Å²) in [5.74, 6) is -0.431. The number of thioether (sulfide) groups is 1. The van der Waals surface area contributed by atoms with Crippen molar-refractivity contribution in [3.05, 3.63) is 66.2 Å². The first kappa shape index (κ1) is 18.4. The van der Waals surface area contributed by atoms with Crippen LogP contribution in [0.25, 0.3) is 5.69 Å². The van der Waals surface area contributed by atoms with Crippen LogP contribution in [-0.2, 0) is 4.79 Å². The Morgan fingerprint density at radius 3 is 2.46 bits per heavy atom. The number of carbonyl (C=O) groups is 2. The van der Waals surface area contributed by atoms with Crippen LogP contribution in [0, 0.1) is 0 Å². The lowest BCUT2D eigenvalue weighted by Crippen LogP contribution is -2.41. The van der Waals surface area contributed by atoms with Crippen molar-refractivity contribution < 1.29 is 9.59 Å². The largest absolute Gasteiger partial charge is 0.278 e. The van der Waals surface area contributed by atoms with Crippen molar-refractivity contribution >= 4 is 23.6 Å². The number of amides is 2. The maximum Gasteiger partial charge on any atom is 0.260 e. The number of aromatic nitrogens is 4. The van der Waals surface area contributed by atoms with Gasteiger partial charge >= 0.3 is 0 Å². The molecule has 0 spiro atoms. The molecule has 1 fully saturated rings. The first-order valence-electron chi connectivity index (χ1n) is 9.15. The number of rotatable bonds is 4. The highest BCUT2D eigenvalue weighted by molar-refractivity contribution is 8.00. The van der Waals surface area contributed by atoms with Crippen molar-refractivity contribution in [1.82, 2.24) is 25.1 Å². The van der Waals surface area contributed by atoms with Gasteiger partial charge in [-0.25, -0.2) is 0 Å². The number of para-hydroxylation sites is 1. The fourth-order valence-electron chi connectivity index (χ4n) is 3.17. The molecule has 1 atom stereocenters. The Morgan fingerprint density at radius 1 is 1.00 bits per heavy atom. The van der Waals surface area contributed by atoms with E-state index >= 15 is 0 Å². The molecule has 2 heterocycles. The van der Waals surface area contributed by atoms with Gasteiger partial charge in [-0.15, -0.1) is 5.10 Å². The normalized spacial score (nSPS) is 17.4. The van der Waals surface area contributed by atoms with Gasteiger partial charge in [0.25, 0.3) is 5.91 Å². The highest BCUT2D eigenvalue weighted by atomic mass is 32.2. The van der Waals surface area contributed by atoms with Crippen LogP contribution in [-0.4, -0.2) is 48.7 Å². The molecule has 2 aromatic carbocycles. The van der Waals surface area contributed by atoms with E-state index in [1.54, 1.807) is 28.9 Å². The highest BCUT2D eigenvalue weighted by Crippen LogP contribution is 2.30. The van der Waals surface area contributed by atoms with Crippen LogP contribution in [0.15, 0.2) is 65.8 Å². The Bertz CT molecular complexity index is 961. The number of likely N-dealkylation sites (tertiary alicyclic amines) is 1. The minimum atomic E-state index is -0.399. The smallest absolute Gasteiger partial charge is 0.260 e. The Morgan fingerprint density at radius 2 is 1.71 bits per heavy atom. The van der Waals surface area contributed by atoms with Gasteiger partial charge in [-0.2, -0.15) is 4.68 Å². The second-order valence-electron chi connectivity index (χ2n) is 6.47. The maximum absolute atomic E-state index is 13.1. The monoisotopic (exact) mass is 393 g/mol. The zero-order chi connectivity index (χ0) is 19.3. The van der Waals surface area contributed by atoms with Gasteiger partial charge in [0, 0.05) is 12.1 Å². The summed E-state index contributed by atoms with van der Waals surface area (Å²) >= 11 is 1.31. The molecule has 1 aromatic heterocycles. The zero-order valence-electron chi connectivity index (χ0n) is 15.1. The molecule has 0 unspecified atom stereocenters. The van der Waals surface area contributed by atoms with Gasteiger partial charge in [-0.3, -0.25) is 14.5 Å². The Balaban J connectivity index is 1.56. The molecular weight excluding hydrogens is 374 g/mol. The topological polar surface area (TPSA) is 81.0 Å². The van der Waals surface area contributed by atoms with E-state index in [-0.39, 0.29) is 11.8 Å². The number of hydrogen-bond donors (Lipinski definition) is 0. The van der Waals surface area contributed by atoms with E-state index in [1.807, 2.05) is 36.4 Å². The second kappa shape index (κ2) is 8.35. The van der Waals surface area contributed by atoms with E-state index in [9.17, 15) is 9.59 Å². The predicted octanol–water partition coefficient (Wildman–Crippen LogP) is 2.98. The lowest BCUT2D eigenvalue weighted by molar-refractivity contribution is -0.127. The molecule has 0 aliphatic carbocycles. The van der Waals surface area contributed by atoms with Gasteiger partial charge in [0.2, 0.25) is 11.1 Å². The van der Waals surface area contributed by atoms with Crippen LogP contribution in [0.3, 0.4) is 0 Å². The third-order valence-electron chi connectivity index (χ3n) is 4.59. The third-order valence-corrected chi connectivity index (χ3v) is 5.78. The summed E-state index contributed by atoms with van der Waals surface area (Å²) in [5, 5.41) is 12.0. The van der Waals surface area contributed by atoms with Gasteiger partial charge in [0.1, 0.15) is 0 Å². The maximum atomic E-state index is 13.1. The van der Waals surface area contributed by atoms with Crippen LogP contribution in [0.5, 0.6) is 0 Å². The van der Waals surface area contributed by atoms with Crippen LogP contribution >= 0.6 is 11.8 Å². The number of imide groups is 1. The van der Waals surface area contributed by atoms with Crippen LogP contribution in [0.4, 0.5) is 0 Å². The summed E-state index contributed by atoms with van der Waals surface area (Å²) in [6.07, 6.45) is 2.35. The van der Waals surface area contributed by atoms with E-state index in [0.717, 1.165) is 18.5 Å². The molecule has 0 bridgehead atoms. The highest BCUT2D eigenvalue weighted by Gasteiger charge is 2.33. The molecule has 3 aromatic rings. The summed E-state index contributed by atoms with van der Waals surface area (Å²) < 4.78 is 1.62. The molecule has 0 saturated carbocycles. The molecule has 142 valence electrons. The standard InChI is InChI=1S/C20H19N5O2S/c26-18(15-9-3-1-4-10-15)24-14-8-7-13-17(19(24)27)28-20-21-22-23-25(20)16-11-5-2-6-12-16/h1-6,9-12,17H,7-8,13-14H2/t17-/m0/s1. The fraction of sp³-hybridized carbons (Fsp3) is 0.250. The van der Waals surface area contributed by atoms with E-state index in [0.29, 0.717) is 23.7 Å². The van der Waals surface area contributed by atoms with Crippen LogP contribution < -0.4 is 0 Å². The SMILES string of the molecule is O=C(c1ccccc1)N1CCCC[C@H](Sc2nnnn2-c2ccccc2)C1=O. The Hall–Kier alpha value is -3.00. The fourth-order valence-corrected chi connectivity index (χ4v) is 4.26. The van der Waals surface area contributed by atoms with Gasteiger partial charge in [-0.05, 0) is 47.5 Å². The number of benzene rings is 2. The second-order valence-corrected chi connectivity index (χ2v) is 7.64. The molecule has 1 saturated heterocycles. The molecular formula is C20H19N5O2S. The average molecular weight is 393 g/mol. The number of hydrogen-bond acceptors (Lipinski definition) is 6. The van der Waals surface area contributed by atoms with Gasteiger partial charge in [0.15, 0.2) is 0 Å². The number of carbonyl (C=O) groups excluding carboxylic acids is 2. The van der Waals surface area contributed by atoms with Gasteiger partial charge in [0.05, 0.1) is 10.9 Å². The first-order valence-corrected chi connectivity index (χ1v) is 10.0. The zero-order valence-corrected chi connectivity index (χ0v) is 16.0. The summed E-state index contributed by atoms with van der Waals surface area (Å²) in [7, 11) is 0. The first-order chi connectivity index (χ1) is 13.7. The summed E-state index contributed by atoms with van der Waals surface area (Å²) in [6, 6.07) is 18.5. The molecule has 28 heavy (non-hydrogen) atoms. The third kappa shape index (κ3) is 3.82. The number of nitrogens with zero attached hydrogens (tertiary/aromatic N) is 5. The van der Waals surface area contributed by atoms with E-state index in [4.69, 9.17) is 0 Å². The lowest BCUT2D eigenvalue weighted by Gasteiger charge is -2.22. The quantitative estimate of drug-likeness (QED) is 0.634. The average Bonchev–Trinajstić information content (AvgIpc) is 3.13. The number of tetrazole rings is 1. The van der Waals surface area contributed by atoms with Crippen LogP contribution in [0.2, 0.25) is 0 Å². The van der Waals surface area contributed by atoms with E-state index in [2.05, 4.69) is 15.5 Å². The predicted molar refractivity (Wildman–Crippen MR) is 105 cm³/mol. The Kier molecular flexibility index (Phi) is 5.48. The van der Waals surface area contributed by atoms with Crippen molar-refractivity contribution in [2.75, 3.05) is 6.54 Å². The molecule has 1 aliphatic rings. The molecule has 4 rings (SSSR count). The summed E-state index contributed by atoms with van der Waals surface area (Å²) in [5.41, 5.74) is 1.35. The molecule has 8 heteroatoms. The molecule has 1 aliphatic heterocycles. The van der Waals surface area contributed by atoms with Crippen molar-refractivity contribution in [2.24, 2.45) is 0 Å². The molecule has 0 radical (unpaired) electrons. The van der Waals surface area contributed by atoms with E-state index < -0.39 is 5.25 Å². The van der Waals surface area contributed by atoms with Gasteiger partial charge in [-0.1, -0.05) is 54.6 Å².